The van der Waals surface area contributed by atoms with Crippen LogP contribution in [-0.2, 0) is 25.5 Å². The predicted molar refractivity (Wildman–Crippen MR) is 88.9 cm³/mol. The van der Waals surface area contributed by atoms with Crippen molar-refractivity contribution in [3.63, 3.8) is 0 Å². The van der Waals surface area contributed by atoms with Gasteiger partial charge in [-0.3, -0.25) is 4.79 Å². The lowest BCUT2D eigenvalue weighted by Crippen LogP contribution is -2.24. The van der Waals surface area contributed by atoms with Gasteiger partial charge in [0, 0.05) is 12.8 Å². The van der Waals surface area contributed by atoms with E-state index in [-0.39, 0.29) is 37.3 Å². The smallest absolute Gasteiger partial charge is 0.306 e. The fourth-order valence-corrected chi connectivity index (χ4v) is 2.26. The fraction of sp³-hybridized carbons (Fsp3) is 0.529. The minimum Gasteiger partial charge on any atom is -0.463 e. The van der Waals surface area contributed by atoms with Crippen LogP contribution in [0.5, 0.6) is 0 Å². The van der Waals surface area contributed by atoms with Gasteiger partial charge in [-0.15, -0.1) is 11.8 Å². The number of benzene rings is 1. The number of ketones is 1. The Labute approximate surface area is 136 Å². The van der Waals surface area contributed by atoms with E-state index in [2.05, 4.69) is 6.92 Å². The first-order chi connectivity index (χ1) is 10.6. The van der Waals surface area contributed by atoms with Gasteiger partial charge in [0.05, 0.1) is 18.5 Å². The van der Waals surface area contributed by atoms with Gasteiger partial charge in [0.1, 0.15) is 12.4 Å². The molecule has 0 bridgehead atoms. The summed E-state index contributed by atoms with van der Waals surface area (Å²) in [5.74, 6) is 1.21. The molecule has 0 saturated heterocycles. The molecule has 0 aliphatic rings. The molecular formula is C17H24O4S. The van der Waals surface area contributed by atoms with Crippen LogP contribution in [0, 0.1) is 0 Å². The Hall–Kier alpha value is -1.33. The van der Waals surface area contributed by atoms with Crippen molar-refractivity contribution in [3.8, 4) is 0 Å². The Bertz CT molecular complexity index is 447. The van der Waals surface area contributed by atoms with E-state index in [0.717, 1.165) is 11.3 Å². The molecule has 0 heterocycles. The summed E-state index contributed by atoms with van der Waals surface area (Å²) in [4.78, 5) is 22.5. The first-order valence-electron chi connectivity index (χ1n) is 7.50. The molecule has 122 valence electrons. The maximum absolute atomic E-state index is 11.6. The van der Waals surface area contributed by atoms with Crippen molar-refractivity contribution < 1.29 is 19.1 Å². The molecule has 0 unspecified atom stereocenters. The zero-order valence-electron chi connectivity index (χ0n) is 13.2. The van der Waals surface area contributed by atoms with Crippen LogP contribution in [0.25, 0.3) is 0 Å². The second-order valence-electron chi connectivity index (χ2n) is 4.97. The third-order valence-corrected chi connectivity index (χ3v) is 3.72. The van der Waals surface area contributed by atoms with Crippen molar-refractivity contribution in [2.75, 3.05) is 18.3 Å². The zero-order valence-corrected chi connectivity index (χ0v) is 14.1. The van der Waals surface area contributed by atoms with Gasteiger partial charge in [-0.2, -0.15) is 0 Å². The molecule has 1 rings (SSSR count). The highest BCUT2D eigenvalue weighted by molar-refractivity contribution is 7.99. The SMILES string of the molecule is CCSCO[C@@H](COC(=O)CCC(C)=O)Cc1ccccc1. The average molecular weight is 324 g/mol. The van der Waals surface area contributed by atoms with Crippen molar-refractivity contribution in [2.45, 2.75) is 39.2 Å². The second kappa shape index (κ2) is 11.3. The van der Waals surface area contributed by atoms with Gasteiger partial charge in [-0.25, -0.2) is 0 Å². The van der Waals surface area contributed by atoms with E-state index < -0.39 is 0 Å². The molecule has 1 aromatic rings. The van der Waals surface area contributed by atoms with Crippen LogP contribution in [0.2, 0.25) is 0 Å². The lowest BCUT2D eigenvalue weighted by atomic mass is 10.1. The van der Waals surface area contributed by atoms with E-state index in [4.69, 9.17) is 9.47 Å². The van der Waals surface area contributed by atoms with Gasteiger partial charge >= 0.3 is 5.97 Å². The molecule has 5 heteroatoms. The van der Waals surface area contributed by atoms with Gasteiger partial charge < -0.3 is 14.3 Å². The largest absolute Gasteiger partial charge is 0.463 e. The number of carbonyl (C=O) groups excluding carboxylic acids is 2. The van der Waals surface area contributed by atoms with Crippen molar-refractivity contribution in [1.82, 2.24) is 0 Å². The highest BCUT2D eigenvalue weighted by Gasteiger charge is 2.14. The number of hydrogen-bond acceptors (Lipinski definition) is 5. The Morgan fingerprint density at radius 1 is 1.18 bits per heavy atom. The summed E-state index contributed by atoms with van der Waals surface area (Å²) in [6, 6.07) is 9.98. The predicted octanol–water partition coefficient (Wildman–Crippen LogP) is 3.24. The van der Waals surface area contributed by atoms with Gasteiger partial charge in [0.15, 0.2) is 0 Å². The highest BCUT2D eigenvalue weighted by Crippen LogP contribution is 2.10. The summed E-state index contributed by atoms with van der Waals surface area (Å²) in [7, 11) is 0. The molecule has 1 aromatic carbocycles. The van der Waals surface area contributed by atoms with Crippen molar-refractivity contribution in [3.05, 3.63) is 35.9 Å². The van der Waals surface area contributed by atoms with Crippen molar-refractivity contribution in [1.29, 1.82) is 0 Å². The number of hydrogen-bond donors (Lipinski definition) is 0. The number of carbonyl (C=O) groups is 2. The minimum absolute atomic E-state index is 0.00613. The van der Waals surface area contributed by atoms with E-state index in [0.29, 0.717) is 12.4 Å². The molecule has 0 aliphatic carbocycles. The maximum Gasteiger partial charge on any atom is 0.306 e. The van der Waals surface area contributed by atoms with E-state index in [1.54, 1.807) is 11.8 Å². The number of Topliss-reactive ketones (excluding diaryl/α,β-unsaturated/α-hetero) is 1. The number of rotatable bonds is 11. The van der Waals surface area contributed by atoms with Crippen LogP contribution in [0.1, 0.15) is 32.3 Å². The molecule has 0 aliphatic heterocycles. The van der Waals surface area contributed by atoms with E-state index in [1.165, 1.54) is 6.92 Å². The first kappa shape index (κ1) is 18.7. The quantitative estimate of drug-likeness (QED) is 0.355. The van der Waals surface area contributed by atoms with Crippen LogP contribution in [0.3, 0.4) is 0 Å². The van der Waals surface area contributed by atoms with Crippen LogP contribution in [0.15, 0.2) is 30.3 Å². The zero-order chi connectivity index (χ0) is 16.2. The molecule has 0 N–H and O–H groups in total. The standard InChI is InChI=1S/C17H24O4S/c1-3-22-13-21-16(11-15-7-5-4-6-8-15)12-20-17(19)10-9-14(2)18/h4-8,16H,3,9-13H2,1-2H3/t16-/m1/s1. The van der Waals surface area contributed by atoms with E-state index >= 15 is 0 Å². The summed E-state index contributed by atoms with van der Waals surface area (Å²) < 4.78 is 11.0. The number of thioether (sulfide) groups is 1. The Morgan fingerprint density at radius 2 is 1.91 bits per heavy atom. The van der Waals surface area contributed by atoms with Crippen LogP contribution in [-0.4, -0.2) is 36.2 Å². The molecule has 22 heavy (non-hydrogen) atoms. The Morgan fingerprint density at radius 3 is 2.55 bits per heavy atom. The summed E-state index contributed by atoms with van der Waals surface area (Å²) in [5, 5.41) is 0. The fourth-order valence-electron chi connectivity index (χ4n) is 1.81. The molecule has 0 fully saturated rings. The second-order valence-corrected chi connectivity index (χ2v) is 6.20. The first-order valence-corrected chi connectivity index (χ1v) is 8.65. The molecule has 0 amide bonds. The molecule has 0 saturated carbocycles. The molecule has 1 atom stereocenters. The lowest BCUT2D eigenvalue weighted by molar-refractivity contribution is -0.148. The van der Waals surface area contributed by atoms with Gasteiger partial charge in [-0.1, -0.05) is 37.3 Å². The highest BCUT2D eigenvalue weighted by atomic mass is 32.2. The minimum atomic E-state index is -0.347. The van der Waals surface area contributed by atoms with Crippen LogP contribution >= 0.6 is 11.8 Å². The summed E-state index contributed by atoms with van der Waals surface area (Å²) >= 11 is 1.69. The Balaban J connectivity index is 2.43. The van der Waals surface area contributed by atoms with Crippen molar-refractivity contribution in [2.24, 2.45) is 0 Å². The topological polar surface area (TPSA) is 52.6 Å². The number of esters is 1. The van der Waals surface area contributed by atoms with Gasteiger partial charge in [0.25, 0.3) is 0 Å². The molecular weight excluding hydrogens is 300 g/mol. The monoisotopic (exact) mass is 324 g/mol. The third-order valence-electron chi connectivity index (χ3n) is 3.01. The lowest BCUT2D eigenvalue weighted by Gasteiger charge is -2.18. The van der Waals surface area contributed by atoms with Crippen molar-refractivity contribution >= 4 is 23.5 Å². The molecule has 0 spiro atoms. The third kappa shape index (κ3) is 8.85. The maximum atomic E-state index is 11.6. The van der Waals surface area contributed by atoms with Crippen LogP contribution in [0.4, 0.5) is 0 Å². The van der Waals surface area contributed by atoms with Gasteiger partial charge in [0.2, 0.25) is 0 Å². The average Bonchev–Trinajstić information content (AvgIpc) is 2.51. The van der Waals surface area contributed by atoms with E-state index in [1.807, 2.05) is 30.3 Å². The summed E-state index contributed by atoms with van der Waals surface area (Å²) in [5.41, 5.74) is 1.15. The normalized spacial score (nSPS) is 11.9. The summed E-state index contributed by atoms with van der Waals surface area (Å²) in [6.45, 7) is 3.76. The molecule has 0 radical (unpaired) electrons. The van der Waals surface area contributed by atoms with E-state index in [9.17, 15) is 9.59 Å². The molecule has 0 aromatic heterocycles. The molecule has 4 nitrogen and oxygen atoms in total. The van der Waals surface area contributed by atoms with Gasteiger partial charge in [-0.05, 0) is 18.2 Å². The number of ether oxygens (including phenoxy) is 2. The summed E-state index contributed by atoms with van der Waals surface area (Å²) in [6.07, 6.45) is 0.902. The van der Waals surface area contributed by atoms with Crippen LogP contribution < -0.4 is 0 Å². The Kier molecular flexibility index (Phi) is 9.59.